The third-order valence-electron chi connectivity index (χ3n) is 4.34. The van der Waals surface area contributed by atoms with E-state index in [1.54, 1.807) is 0 Å². The molecule has 0 aliphatic carbocycles. The lowest BCUT2D eigenvalue weighted by Gasteiger charge is -2.10. The largest absolute Gasteiger partial charge is 0.353 e. The number of rotatable bonds is 13. The van der Waals surface area contributed by atoms with Gasteiger partial charge in [-0.05, 0) is 49.7 Å². The molecule has 0 radical (unpaired) electrons. The molecule has 0 heterocycles. The molecule has 0 unspecified atom stereocenters. The Balaban J connectivity index is 2.30. The Morgan fingerprint density at radius 3 is 2.00 bits per heavy atom. The van der Waals surface area contributed by atoms with Gasteiger partial charge in [0, 0.05) is 19.6 Å². The minimum atomic E-state index is -3.86. The molecule has 1 aromatic carbocycles. The highest BCUT2D eigenvalue weighted by molar-refractivity contribution is 7.51. The van der Waals surface area contributed by atoms with Gasteiger partial charge in [-0.3, -0.25) is 14.2 Å². The highest BCUT2D eigenvalue weighted by Gasteiger charge is 2.12. The minimum absolute atomic E-state index is 0.0294. The SMILES string of the molecule is CNC(=O)C(=O)CCCCc1ccccc1CCCCCCP(=O)(O)O. The Hall–Kier alpha value is -1.49. The van der Waals surface area contributed by atoms with Crippen molar-refractivity contribution in [3.63, 3.8) is 0 Å². The highest BCUT2D eigenvalue weighted by atomic mass is 31.2. The molecule has 0 saturated heterocycles. The molecule has 0 bridgehead atoms. The van der Waals surface area contributed by atoms with Crippen molar-refractivity contribution < 1.29 is 23.9 Å². The van der Waals surface area contributed by atoms with Crippen molar-refractivity contribution in [1.82, 2.24) is 5.32 Å². The van der Waals surface area contributed by atoms with Gasteiger partial charge in [-0.25, -0.2) is 0 Å². The molecule has 0 aliphatic heterocycles. The van der Waals surface area contributed by atoms with Gasteiger partial charge in [0.1, 0.15) is 0 Å². The molecule has 26 heavy (non-hydrogen) atoms. The van der Waals surface area contributed by atoms with Crippen LogP contribution in [0.4, 0.5) is 0 Å². The van der Waals surface area contributed by atoms with Gasteiger partial charge >= 0.3 is 7.60 Å². The number of hydrogen-bond donors (Lipinski definition) is 3. The summed E-state index contributed by atoms with van der Waals surface area (Å²) >= 11 is 0. The molecule has 1 rings (SSSR count). The van der Waals surface area contributed by atoms with Crippen LogP contribution in [0.3, 0.4) is 0 Å². The van der Waals surface area contributed by atoms with Gasteiger partial charge in [0.25, 0.3) is 5.91 Å². The zero-order chi connectivity index (χ0) is 19.4. The summed E-state index contributed by atoms with van der Waals surface area (Å²) in [5.74, 6) is -0.889. The predicted molar refractivity (Wildman–Crippen MR) is 102 cm³/mol. The lowest BCUT2D eigenvalue weighted by molar-refractivity contribution is -0.137. The van der Waals surface area contributed by atoms with Gasteiger partial charge in [-0.15, -0.1) is 0 Å². The maximum Gasteiger partial charge on any atom is 0.325 e. The molecule has 146 valence electrons. The molecule has 1 aromatic rings. The minimum Gasteiger partial charge on any atom is -0.353 e. The van der Waals surface area contributed by atoms with Crippen LogP contribution in [0.5, 0.6) is 0 Å². The van der Waals surface area contributed by atoms with E-state index in [-0.39, 0.29) is 18.4 Å². The van der Waals surface area contributed by atoms with E-state index in [0.717, 1.165) is 38.5 Å². The predicted octanol–water partition coefficient (Wildman–Crippen LogP) is 3.00. The molecular weight excluding hydrogens is 353 g/mol. The fourth-order valence-electron chi connectivity index (χ4n) is 2.89. The van der Waals surface area contributed by atoms with Crippen molar-refractivity contribution in [2.24, 2.45) is 0 Å². The second-order valence-corrected chi connectivity index (χ2v) is 8.31. The summed E-state index contributed by atoms with van der Waals surface area (Å²) in [4.78, 5) is 40.3. The summed E-state index contributed by atoms with van der Waals surface area (Å²) in [6, 6.07) is 8.24. The molecule has 0 aliphatic rings. The van der Waals surface area contributed by atoms with Crippen LogP contribution in [0.2, 0.25) is 0 Å². The molecule has 0 saturated carbocycles. The second-order valence-electron chi connectivity index (χ2n) is 6.53. The molecule has 7 heteroatoms. The summed E-state index contributed by atoms with van der Waals surface area (Å²) < 4.78 is 10.8. The normalized spacial score (nSPS) is 11.3. The quantitative estimate of drug-likeness (QED) is 0.276. The number of Topliss-reactive ketones (excluding diaryl/α,β-unsaturated/α-hetero) is 1. The molecular formula is C19H30NO5P. The highest BCUT2D eigenvalue weighted by Crippen LogP contribution is 2.35. The number of benzene rings is 1. The number of amides is 1. The Kier molecular flexibility index (Phi) is 10.4. The Morgan fingerprint density at radius 1 is 0.923 bits per heavy atom. The first-order valence-corrected chi connectivity index (χ1v) is 11.0. The first-order chi connectivity index (χ1) is 12.3. The smallest absolute Gasteiger partial charge is 0.325 e. The topological polar surface area (TPSA) is 104 Å². The van der Waals surface area contributed by atoms with E-state index in [2.05, 4.69) is 17.4 Å². The third kappa shape index (κ3) is 9.85. The lowest BCUT2D eigenvalue weighted by atomic mass is 9.96. The van der Waals surface area contributed by atoms with Crippen molar-refractivity contribution >= 4 is 19.3 Å². The van der Waals surface area contributed by atoms with E-state index < -0.39 is 13.5 Å². The van der Waals surface area contributed by atoms with Gasteiger partial charge in [0.2, 0.25) is 5.78 Å². The molecule has 6 nitrogen and oxygen atoms in total. The Labute approximate surface area is 155 Å². The van der Waals surface area contributed by atoms with Crippen LogP contribution in [0.1, 0.15) is 56.1 Å². The van der Waals surface area contributed by atoms with E-state index >= 15 is 0 Å². The van der Waals surface area contributed by atoms with Gasteiger partial charge in [0.05, 0.1) is 0 Å². The van der Waals surface area contributed by atoms with E-state index in [1.807, 2.05) is 12.1 Å². The van der Waals surface area contributed by atoms with Crippen molar-refractivity contribution in [2.75, 3.05) is 13.2 Å². The number of carbonyl (C=O) groups is 2. The molecule has 0 fully saturated rings. The van der Waals surface area contributed by atoms with Gasteiger partial charge in [-0.1, -0.05) is 37.1 Å². The monoisotopic (exact) mass is 383 g/mol. The van der Waals surface area contributed by atoms with Crippen molar-refractivity contribution in [2.45, 2.75) is 57.8 Å². The first-order valence-electron chi connectivity index (χ1n) is 9.20. The van der Waals surface area contributed by atoms with Crippen LogP contribution in [-0.4, -0.2) is 34.7 Å². The van der Waals surface area contributed by atoms with Gasteiger partial charge < -0.3 is 15.1 Å². The van der Waals surface area contributed by atoms with E-state index in [4.69, 9.17) is 9.79 Å². The summed E-state index contributed by atoms with van der Waals surface area (Å²) in [6.07, 6.45) is 6.98. The third-order valence-corrected chi connectivity index (χ3v) is 5.24. The number of aryl methyl sites for hydroxylation is 2. The van der Waals surface area contributed by atoms with Crippen LogP contribution < -0.4 is 5.32 Å². The fourth-order valence-corrected chi connectivity index (χ4v) is 3.52. The number of nitrogens with one attached hydrogen (secondary N) is 1. The zero-order valence-electron chi connectivity index (χ0n) is 15.4. The number of ketones is 1. The molecule has 1 amide bonds. The molecule has 0 spiro atoms. The standard InChI is InChI=1S/C19H30NO5P/c1-20-19(22)18(21)14-8-7-13-17-12-6-5-11-16(17)10-4-2-3-9-15-26(23,24)25/h5-6,11-12H,2-4,7-10,13-15H2,1H3,(H,20,22)(H2,23,24,25). The van der Waals surface area contributed by atoms with Crippen molar-refractivity contribution in [3.8, 4) is 0 Å². The first kappa shape index (κ1) is 22.6. The van der Waals surface area contributed by atoms with Crippen LogP contribution in [-0.2, 0) is 27.0 Å². The summed E-state index contributed by atoms with van der Waals surface area (Å²) in [7, 11) is -2.40. The average Bonchev–Trinajstić information content (AvgIpc) is 2.60. The van der Waals surface area contributed by atoms with Crippen LogP contribution in [0.15, 0.2) is 24.3 Å². The molecule has 0 atom stereocenters. The van der Waals surface area contributed by atoms with Crippen LogP contribution >= 0.6 is 7.60 Å². The van der Waals surface area contributed by atoms with E-state index in [0.29, 0.717) is 12.8 Å². The molecule has 0 aromatic heterocycles. The van der Waals surface area contributed by atoms with Gasteiger partial charge in [-0.2, -0.15) is 0 Å². The number of carbonyl (C=O) groups excluding carboxylic acids is 2. The maximum atomic E-state index is 11.5. The fraction of sp³-hybridized carbons (Fsp3) is 0.579. The average molecular weight is 383 g/mol. The van der Waals surface area contributed by atoms with E-state index in [1.165, 1.54) is 18.2 Å². The van der Waals surface area contributed by atoms with Gasteiger partial charge in [0.15, 0.2) is 0 Å². The second kappa shape index (κ2) is 12.0. The molecule has 3 N–H and O–H groups in total. The lowest BCUT2D eigenvalue weighted by Crippen LogP contribution is -2.27. The van der Waals surface area contributed by atoms with Crippen molar-refractivity contribution in [1.29, 1.82) is 0 Å². The van der Waals surface area contributed by atoms with E-state index in [9.17, 15) is 14.2 Å². The zero-order valence-corrected chi connectivity index (χ0v) is 16.3. The Bertz CT molecular complexity index is 626. The van der Waals surface area contributed by atoms with Crippen LogP contribution in [0.25, 0.3) is 0 Å². The summed E-state index contributed by atoms with van der Waals surface area (Å²) in [5.41, 5.74) is 2.57. The number of unbranched alkanes of at least 4 members (excludes halogenated alkanes) is 4. The number of likely N-dealkylation sites (N-methyl/N-ethyl adjacent to an activating group) is 1. The Morgan fingerprint density at radius 2 is 1.46 bits per heavy atom. The number of hydrogen-bond acceptors (Lipinski definition) is 3. The van der Waals surface area contributed by atoms with Crippen molar-refractivity contribution in [3.05, 3.63) is 35.4 Å². The maximum absolute atomic E-state index is 11.5. The summed E-state index contributed by atoms with van der Waals surface area (Å²) in [5, 5.41) is 2.35. The summed E-state index contributed by atoms with van der Waals surface area (Å²) in [6.45, 7) is 0. The van der Waals surface area contributed by atoms with Crippen LogP contribution in [0, 0.1) is 0 Å².